The van der Waals surface area contributed by atoms with Crippen LogP contribution in [-0.2, 0) is 0 Å². The summed E-state index contributed by atoms with van der Waals surface area (Å²) >= 11 is 0. The maximum atomic E-state index is 12.3. The molecule has 1 aliphatic carbocycles. The van der Waals surface area contributed by atoms with Gasteiger partial charge >= 0.3 is 6.03 Å². The van der Waals surface area contributed by atoms with E-state index in [1.807, 2.05) is 13.1 Å². The van der Waals surface area contributed by atoms with E-state index in [2.05, 4.69) is 16.8 Å². The molecular weight excluding hydrogens is 278 g/mol. The average molecular weight is 309 g/mol. The summed E-state index contributed by atoms with van der Waals surface area (Å²) in [6.45, 7) is 7.39. The van der Waals surface area contributed by atoms with Crippen molar-refractivity contribution in [1.29, 1.82) is 0 Å². The largest absolute Gasteiger partial charge is 0.393 e. The van der Waals surface area contributed by atoms with E-state index in [-0.39, 0.29) is 24.1 Å². The van der Waals surface area contributed by atoms with Crippen LogP contribution < -0.4 is 5.32 Å². The summed E-state index contributed by atoms with van der Waals surface area (Å²) in [4.78, 5) is 16.4. The smallest absolute Gasteiger partial charge is 0.317 e. The monoisotopic (exact) mass is 309 g/mol. The van der Waals surface area contributed by atoms with Crippen LogP contribution in [0, 0.1) is 5.92 Å². The molecule has 2 aliphatic rings. The number of urea groups is 1. The number of carbonyl (C=O) groups is 1. The van der Waals surface area contributed by atoms with Crippen molar-refractivity contribution in [2.24, 2.45) is 5.92 Å². The van der Waals surface area contributed by atoms with Crippen molar-refractivity contribution in [3.8, 4) is 0 Å². The first-order valence-electron chi connectivity index (χ1n) is 8.63. The molecule has 22 heavy (non-hydrogen) atoms. The van der Waals surface area contributed by atoms with Gasteiger partial charge < -0.3 is 15.3 Å². The number of carbonyl (C=O) groups excluding carboxylic acids is 1. The number of nitrogens with one attached hydrogen (secondary N) is 1. The number of hydrogen-bond donors (Lipinski definition) is 2. The van der Waals surface area contributed by atoms with Gasteiger partial charge in [0.05, 0.1) is 6.10 Å². The first-order chi connectivity index (χ1) is 10.6. The zero-order valence-corrected chi connectivity index (χ0v) is 13.8. The van der Waals surface area contributed by atoms with Crippen LogP contribution in [0.2, 0.25) is 0 Å². The Morgan fingerprint density at radius 1 is 1.32 bits per heavy atom. The molecule has 0 radical (unpaired) electrons. The molecule has 5 heteroatoms. The third kappa shape index (κ3) is 4.99. The third-order valence-electron chi connectivity index (χ3n) is 5.03. The minimum Gasteiger partial charge on any atom is -0.393 e. The van der Waals surface area contributed by atoms with Crippen LogP contribution in [0.25, 0.3) is 0 Å². The second-order valence-corrected chi connectivity index (χ2v) is 6.81. The Kier molecular flexibility index (Phi) is 6.70. The van der Waals surface area contributed by atoms with Gasteiger partial charge in [0.15, 0.2) is 0 Å². The molecule has 0 aromatic carbocycles. The summed E-state index contributed by atoms with van der Waals surface area (Å²) in [5.74, 6) is 0.235. The Morgan fingerprint density at radius 2 is 2.00 bits per heavy atom. The van der Waals surface area contributed by atoms with Crippen LogP contribution in [0.5, 0.6) is 0 Å². The highest BCUT2D eigenvalue weighted by Gasteiger charge is 2.27. The summed E-state index contributed by atoms with van der Waals surface area (Å²) < 4.78 is 0. The molecule has 1 saturated carbocycles. The fraction of sp³-hybridized carbons (Fsp3) is 0.824. The molecule has 1 aliphatic heterocycles. The summed E-state index contributed by atoms with van der Waals surface area (Å²) in [5.41, 5.74) is 0. The summed E-state index contributed by atoms with van der Waals surface area (Å²) in [7, 11) is 1.84. The van der Waals surface area contributed by atoms with E-state index >= 15 is 0 Å². The van der Waals surface area contributed by atoms with Gasteiger partial charge in [-0.25, -0.2) is 4.79 Å². The van der Waals surface area contributed by atoms with Crippen molar-refractivity contribution in [3.05, 3.63) is 12.7 Å². The van der Waals surface area contributed by atoms with Crippen molar-refractivity contribution in [2.45, 2.75) is 50.7 Å². The lowest BCUT2D eigenvalue weighted by Gasteiger charge is -2.34. The molecule has 2 rings (SSSR count). The van der Waals surface area contributed by atoms with Gasteiger partial charge in [-0.1, -0.05) is 18.9 Å². The van der Waals surface area contributed by atoms with Crippen molar-refractivity contribution in [1.82, 2.24) is 15.1 Å². The highest BCUT2D eigenvalue weighted by molar-refractivity contribution is 5.74. The standard InChI is InChI=1S/C17H31N3O2/c1-3-10-20-11-8-15(9-12-20)18-17(22)19(2)13-14-6-4-5-7-16(14)21/h3,14-16,21H,1,4-13H2,2H3,(H,18,22). The molecule has 2 amide bonds. The SMILES string of the molecule is C=CCN1CCC(NC(=O)N(C)CC2CCCCC2O)CC1. The molecule has 2 N–H and O–H groups in total. The molecular formula is C17H31N3O2. The Morgan fingerprint density at radius 3 is 2.64 bits per heavy atom. The molecule has 0 bridgehead atoms. The summed E-state index contributed by atoms with van der Waals surface area (Å²) in [5, 5.41) is 13.2. The zero-order valence-electron chi connectivity index (χ0n) is 13.8. The maximum Gasteiger partial charge on any atom is 0.317 e. The molecule has 2 unspecified atom stereocenters. The number of hydrogen-bond acceptors (Lipinski definition) is 3. The Balaban J connectivity index is 1.71. The Bertz CT molecular complexity index is 367. The van der Waals surface area contributed by atoms with Crippen LogP contribution in [-0.4, -0.2) is 66.3 Å². The fourth-order valence-electron chi connectivity index (χ4n) is 3.56. The summed E-state index contributed by atoms with van der Waals surface area (Å²) in [6, 6.07) is 0.271. The minimum atomic E-state index is -0.244. The predicted octanol–water partition coefficient (Wildman–Crippen LogP) is 1.83. The highest BCUT2D eigenvalue weighted by Crippen LogP contribution is 2.24. The van der Waals surface area contributed by atoms with Gasteiger partial charge in [-0.2, -0.15) is 0 Å². The van der Waals surface area contributed by atoms with Crippen LogP contribution in [0.4, 0.5) is 4.79 Å². The lowest BCUT2D eigenvalue weighted by Crippen LogP contribution is -2.49. The molecule has 1 heterocycles. The molecule has 1 saturated heterocycles. The normalized spacial score (nSPS) is 27.4. The average Bonchev–Trinajstić information content (AvgIpc) is 2.51. The Hall–Kier alpha value is -1.07. The van der Waals surface area contributed by atoms with E-state index in [1.165, 1.54) is 6.42 Å². The van der Waals surface area contributed by atoms with E-state index in [4.69, 9.17) is 0 Å². The Labute approximate surface area is 134 Å². The first-order valence-corrected chi connectivity index (χ1v) is 8.63. The second-order valence-electron chi connectivity index (χ2n) is 6.81. The van der Waals surface area contributed by atoms with Crippen molar-refractivity contribution >= 4 is 6.03 Å². The number of likely N-dealkylation sites (tertiary alicyclic amines) is 1. The van der Waals surface area contributed by atoms with Crippen LogP contribution >= 0.6 is 0 Å². The number of nitrogens with zero attached hydrogens (tertiary/aromatic N) is 2. The van der Waals surface area contributed by atoms with E-state index in [1.54, 1.807) is 4.90 Å². The van der Waals surface area contributed by atoms with Gasteiger partial charge in [0.2, 0.25) is 0 Å². The molecule has 0 aromatic rings. The van der Waals surface area contributed by atoms with Gasteiger partial charge in [0.25, 0.3) is 0 Å². The second kappa shape index (κ2) is 8.53. The number of aliphatic hydroxyl groups excluding tert-OH is 1. The quantitative estimate of drug-likeness (QED) is 0.762. The first kappa shape index (κ1) is 17.3. The number of piperidine rings is 1. The topological polar surface area (TPSA) is 55.8 Å². The van der Waals surface area contributed by atoms with E-state index in [0.717, 1.165) is 51.7 Å². The number of amides is 2. The van der Waals surface area contributed by atoms with Crippen LogP contribution in [0.1, 0.15) is 38.5 Å². The zero-order chi connectivity index (χ0) is 15.9. The van der Waals surface area contributed by atoms with E-state index in [0.29, 0.717) is 6.54 Å². The number of aliphatic hydroxyl groups is 1. The van der Waals surface area contributed by atoms with Gasteiger partial charge in [0, 0.05) is 45.2 Å². The van der Waals surface area contributed by atoms with Gasteiger partial charge in [-0.05, 0) is 25.7 Å². The molecule has 2 fully saturated rings. The van der Waals surface area contributed by atoms with Crippen molar-refractivity contribution < 1.29 is 9.90 Å². The van der Waals surface area contributed by atoms with E-state index < -0.39 is 0 Å². The maximum absolute atomic E-state index is 12.3. The van der Waals surface area contributed by atoms with Crippen LogP contribution in [0.15, 0.2) is 12.7 Å². The lowest BCUT2D eigenvalue weighted by molar-refractivity contribution is 0.0560. The summed E-state index contributed by atoms with van der Waals surface area (Å²) in [6.07, 6.45) is 7.86. The van der Waals surface area contributed by atoms with Crippen molar-refractivity contribution in [3.63, 3.8) is 0 Å². The van der Waals surface area contributed by atoms with Gasteiger partial charge in [-0.15, -0.1) is 6.58 Å². The molecule has 0 spiro atoms. The number of rotatable bonds is 5. The predicted molar refractivity (Wildman–Crippen MR) is 88.8 cm³/mol. The van der Waals surface area contributed by atoms with Crippen LogP contribution in [0.3, 0.4) is 0 Å². The van der Waals surface area contributed by atoms with Crippen molar-refractivity contribution in [2.75, 3.05) is 33.2 Å². The highest BCUT2D eigenvalue weighted by atomic mass is 16.3. The van der Waals surface area contributed by atoms with Gasteiger partial charge in [0.1, 0.15) is 0 Å². The lowest BCUT2D eigenvalue weighted by atomic mass is 9.86. The molecule has 126 valence electrons. The third-order valence-corrected chi connectivity index (χ3v) is 5.03. The molecule has 2 atom stereocenters. The van der Waals surface area contributed by atoms with E-state index in [9.17, 15) is 9.90 Å². The molecule has 5 nitrogen and oxygen atoms in total. The minimum absolute atomic E-state index is 0.0000517. The molecule has 0 aromatic heterocycles. The fourth-order valence-corrected chi connectivity index (χ4v) is 3.56. The van der Waals surface area contributed by atoms with Gasteiger partial charge in [-0.3, -0.25) is 4.90 Å².